The molecule has 0 fully saturated rings. The molecule has 0 spiro atoms. The van der Waals surface area contributed by atoms with Gasteiger partial charge in [-0.25, -0.2) is 0 Å². The van der Waals surface area contributed by atoms with Crippen molar-refractivity contribution >= 4 is 17.5 Å². The standard InChI is InChI=1S/C12H17ClN2O/c1-9(2)15-12(16)8-14-7-10-5-3-4-6-11(10)13/h3-6,9,14H,7-8H2,1-2H3,(H,15,16). The molecule has 2 N–H and O–H groups in total. The van der Waals surface area contributed by atoms with Crippen LogP contribution in [0.15, 0.2) is 24.3 Å². The number of hydrogen-bond donors (Lipinski definition) is 2. The number of carbonyl (C=O) groups is 1. The first-order valence-electron chi connectivity index (χ1n) is 5.33. The molecule has 0 aliphatic rings. The predicted molar refractivity (Wildman–Crippen MR) is 66.4 cm³/mol. The molecule has 0 aliphatic carbocycles. The van der Waals surface area contributed by atoms with E-state index < -0.39 is 0 Å². The molecule has 1 aromatic carbocycles. The third-order valence-corrected chi connectivity index (χ3v) is 2.38. The summed E-state index contributed by atoms with van der Waals surface area (Å²) < 4.78 is 0. The predicted octanol–water partition coefficient (Wildman–Crippen LogP) is 1.95. The highest BCUT2D eigenvalue weighted by Crippen LogP contribution is 2.13. The van der Waals surface area contributed by atoms with Gasteiger partial charge in [-0.05, 0) is 25.5 Å². The van der Waals surface area contributed by atoms with E-state index in [0.29, 0.717) is 13.1 Å². The SMILES string of the molecule is CC(C)NC(=O)CNCc1ccccc1Cl. The molecule has 0 saturated carbocycles. The van der Waals surface area contributed by atoms with Gasteiger partial charge < -0.3 is 10.6 Å². The van der Waals surface area contributed by atoms with E-state index in [2.05, 4.69) is 10.6 Å². The minimum absolute atomic E-state index is 0.00190. The van der Waals surface area contributed by atoms with Gasteiger partial charge >= 0.3 is 0 Å². The van der Waals surface area contributed by atoms with Gasteiger partial charge in [-0.3, -0.25) is 4.79 Å². The maximum atomic E-state index is 11.3. The molecule has 0 bridgehead atoms. The first kappa shape index (κ1) is 13.0. The van der Waals surface area contributed by atoms with Crippen molar-refractivity contribution in [3.63, 3.8) is 0 Å². The van der Waals surface area contributed by atoms with Crippen LogP contribution in [0.2, 0.25) is 5.02 Å². The summed E-state index contributed by atoms with van der Waals surface area (Å²) in [6.45, 7) is 4.78. The molecular weight excluding hydrogens is 224 g/mol. The van der Waals surface area contributed by atoms with Gasteiger partial charge in [0.2, 0.25) is 5.91 Å². The van der Waals surface area contributed by atoms with Crippen LogP contribution in [-0.4, -0.2) is 18.5 Å². The van der Waals surface area contributed by atoms with Crippen LogP contribution in [0.3, 0.4) is 0 Å². The third-order valence-electron chi connectivity index (χ3n) is 2.01. The first-order chi connectivity index (χ1) is 7.59. The molecule has 0 saturated heterocycles. The van der Waals surface area contributed by atoms with Crippen LogP contribution < -0.4 is 10.6 Å². The summed E-state index contributed by atoms with van der Waals surface area (Å²) in [5.74, 6) is 0.00190. The number of halogens is 1. The molecule has 0 radical (unpaired) electrons. The van der Waals surface area contributed by atoms with E-state index in [1.54, 1.807) is 0 Å². The molecule has 3 nitrogen and oxygen atoms in total. The van der Waals surface area contributed by atoms with Gasteiger partial charge in [0.15, 0.2) is 0 Å². The highest BCUT2D eigenvalue weighted by Gasteiger charge is 2.03. The summed E-state index contributed by atoms with van der Waals surface area (Å²) in [5, 5.41) is 6.58. The van der Waals surface area contributed by atoms with Gasteiger partial charge in [0.25, 0.3) is 0 Å². The molecule has 1 aromatic rings. The Morgan fingerprint density at radius 3 is 2.69 bits per heavy atom. The number of rotatable bonds is 5. The summed E-state index contributed by atoms with van der Waals surface area (Å²) >= 11 is 5.98. The Morgan fingerprint density at radius 1 is 1.38 bits per heavy atom. The van der Waals surface area contributed by atoms with Crippen molar-refractivity contribution in [2.24, 2.45) is 0 Å². The van der Waals surface area contributed by atoms with E-state index in [9.17, 15) is 4.79 Å². The van der Waals surface area contributed by atoms with Gasteiger partial charge in [0, 0.05) is 17.6 Å². The van der Waals surface area contributed by atoms with Crippen molar-refractivity contribution in [3.05, 3.63) is 34.9 Å². The molecule has 4 heteroatoms. The number of nitrogens with one attached hydrogen (secondary N) is 2. The molecule has 0 unspecified atom stereocenters. The van der Waals surface area contributed by atoms with Gasteiger partial charge in [0.1, 0.15) is 0 Å². The third kappa shape index (κ3) is 4.64. The first-order valence-corrected chi connectivity index (χ1v) is 5.71. The Kier molecular flexibility index (Phi) is 5.29. The van der Waals surface area contributed by atoms with Gasteiger partial charge in [0.05, 0.1) is 6.54 Å². The van der Waals surface area contributed by atoms with Crippen LogP contribution in [0.1, 0.15) is 19.4 Å². The van der Waals surface area contributed by atoms with Crippen molar-refractivity contribution in [2.45, 2.75) is 26.4 Å². The minimum Gasteiger partial charge on any atom is -0.353 e. The van der Waals surface area contributed by atoms with E-state index >= 15 is 0 Å². The Labute approximate surface area is 101 Å². The van der Waals surface area contributed by atoms with E-state index in [0.717, 1.165) is 10.6 Å². The van der Waals surface area contributed by atoms with Gasteiger partial charge in [-0.2, -0.15) is 0 Å². The Bertz CT molecular complexity index is 353. The largest absolute Gasteiger partial charge is 0.353 e. The highest BCUT2D eigenvalue weighted by molar-refractivity contribution is 6.31. The van der Waals surface area contributed by atoms with Crippen molar-refractivity contribution in [1.82, 2.24) is 10.6 Å². The Balaban J connectivity index is 2.31. The summed E-state index contributed by atoms with van der Waals surface area (Å²) in [7, 11) is 0. The monoisotopic (exact) mass is 240 g/mol. The number of amides is 1. The van der Waals surface area contributed by atoms with E-state index in [-0.39, 0.29) is 11.9 Å². The van der Waals surface area contributed by atoms with Crippen molar-refractivity contribution in [1.29, 1.82) is 0 Å². The van der Waals surface area contributed by atoms with Crippen molar-refractivity contribution in [3.8, 4) is 0 Å². The number of benzene rings is 1. The van der Waals surface area contributed by atoms with E-state index in [1.165, 1.54) is 0 Å². The molecule has 1 amide bonds. The maximum absolute atomic E-state index is 11.3. The minimum atomic E-state index is 0.00190. The van der Waals surface area contributed by atoms with Crippen LogP contribution in [0, 0.1) is 0 Å². The lowest BCUT2D eigenvalue weighted by Gasteiger charge is -2.09. The highest BCUT2D eigenvalue weighted by atomic mass is 35.5. The summed E-state index contributed by atoms with van der Waals surface area (Å²) in [6, 6.07) is 7.77. The fraction of sp³-hybridized carbons (Fsp3) is 0.417. The maximum Gasteiger partial charge on any atom is 0.234 e. The van der Waals surface area contributed by atoms with Crippen LogP contribution in [0.4, 0.5) is 0 Å². The van der Waals surface area contributed by atoms with Gasteiger partial charge in [-0.1, -0.05) is 29.8 Å². The molecule has 0 atom stereocenters. The molecular formula is C12H17ClN2O. The second-order valence-electron chi connectivity index (χ2n) is 3.92. The summed E-state index contributed by atoms with van der Waals surface area (Å²) in [6.07, 6.45) is 0. The van der Waals surface area contributed by atoms with E-state index in [1.807, 2.05) is 38.1 Å². The molecule has 0 aliphatic heterocycles. The van der Waals surface area contributed by atoms with E-state index in [4.69, 9.17) is 11.6 Å². The van der Waals surface area contributed by atoms with Crippen LogP contribution in [-0.2, 0) is 11.3 Å². The summed E-state index contributed by atoms with van der Waals surface area (Å²) in [4.78, 5) is 11.3. The lowest BCUT2D eigenvalue weighted by atomic mass is 10.2. The van der Waals surface area contributed by atoms with Crippen LogP contribution in [0.5, 0.6) is 0 Å². The van der Waals surface area contributed by atoms with Crippen molar-refractivity contribution < 1.29 is 4.79 Å². The quantitative estimate of drug-likeness (QED) is 0.826. The Morgan fingerprint density at radius 2 is 2.06 bits per heavy atom. The lowest BCUT2D eigenvalue weighted by molar-refractivity contribution is -0.120. The molecule has 0 heterocycles. The zero-order chi connectivity index (χ0) is 12.0. The zero-order valence-electron chi connectivity index (χ0n) is 9.59. The molecule has 1 rings (SSSR count). The summed E-state index contributed by atoms with van der Waals surface area (Å²) in [5.41, 5.74) is 1.00. The van der Waals surface area contributed by atoms with Crippen LogP contribution in [0.25, 0.3) is 0 Å². The second kappa shape index (κ2) is 6.51. The van der Waals surface area contributed by atoms with Crippen LogP contribution >= 0.6 is 11.6 Å². The van der Waals surface area contributed by atoms with Crippen molar-refractivity contribution in [2.75, 3.05) is 6.54 Å². The average molecular weight is 241 g/mol. The number of hydrogen-bond acceptors (Lipinski definition) is 2. The second-order valence-corrected chi connectivity index (χ2v) is 4.32. The smallest absolute Gasteiger partial charge is 0.234 e. The normalized spacial score (nSPS) is 10.5. The zero-order valence-corrected chi connectivity index (χ0v) is 10.3. The topological polar surface area (TPSA) is 41.1 Å². The fourth-order valence-electron chi connectivity index (χ4n) is 1.33. The fourth-order valence-corrected chi connectivity index (χ4v) is 1.53. The average Bonchev–Trinajstić information content (AvgIpc) is 2.19. The lowest BCUT2D eigenvalue weighted by Crippen LogP contribution is -2.37. The Hall–Kier alpha value is -1.06. The molecule has 0 aromatic heterocycles. The van der Waals surface area contributed by atoms with Gasteiger partial charge in [-0.15, -0.1) is 0 Å². The number of carbonyl (C=O) groups excluding carboxylic acids is 1. The molecule has 16 heavy (non-hydrogen) atoms. The molecule has 88 valence electrons.